The van der Waals surface area contributed by atoms with E-state index in [1.165, 1.54) is 45.4 Å². The lowest BCUT2D eigenvalue weighted by atomic mass is 9.91. The average Bonchev–Trinajstić information content (AvgIpc) is 2.97. The molecule has 1 aliphatic heterocycles. The SMILES string of the molecule is CC(C)(C)CCN1CCNCC1C1CC1. The maximum atomic E-state index is 3.54. The Hall–Kier alpha value is -0.0800. The molecule has 0 amide bonds. The van der Waals surface area contributed by atoms with E-state index in [0.717, 1.165) is 12.0 Å². The van der Waals surface area contributed by atoms with Crippen LogP contribution in [-0.2, 0) is 0 Å². The Balaban J connectivity index is 1.82. The highest BCUT2D eigenvalue weighted by Gasteiger charge is 2.36. The van der Waals surface area contributed by atoms with Gasteiger partial charge in [-0.3, -0.25) is 4.90 Å². The van der Waals surface area contributed by atoms with E-state index >= 15 is 0 Å². The summed E-state index contributed by atoms with van der Waals surface area (Å²) in [6, 6.07) is 0.848. The number of rotatable bonds is 3. The molecule has 15 heavy (non-hydrogen) atoms. The molecule has 0 radical (unpaired) electrons. The molecule has 2 fully saturated rings. The van der Waals surface area contributed by atoms with Crippen LogP contribution in [0.25, 0.3) is 0 Å². The Morgan fingerprint density at radius 2 is 2.00 bits per heavy atom. The summed E-state index contributed by atoms with van der Waals surface area (Å²) in [5.41, 5.74) is 0.485. The van der Waals surface area contributed by atoms with E-state index in [1.54, 1.807) is 0 Å². The van der Waals surface area contributed by atoms with Crippen molar-refractivity contribution in [3.8, 4) is 0 Å². The first kappa shape index (κ1) is 11.4. The lowest BCUT2D eigenvalue weighted by Crippen LogP contribution is -2.52. The summed E-state index contributed by atoms with van der Waals surface area (Å²) in [6.45, 7) is 12.0. The van der Waals surface area contributed by atoms with E-state index in [9.17, 15) is 0 Å². The van der Waals surface area contributed by atoms with Crippen molar-refractivity contribution in [3.05, 3.63) is 0 Å². The third-order valence-electron chi connectivity index (χ3n) is 3.71. The summed E-state index contributed by atoms with van der Waals surface area (Å²) < 4.78 is 0. The lowest BCUT2D eigenvalue weighted by molar-refractivity contribution is 0.126. The van der Waals surface area contributed by atoms with Gasteiger partial charge in [0.15, 0.2) is 0 Å². The molecule has 1 atom stereocenters. The van der Waals surface area contributed by atoms with Crippen LogP contribution in [0.5, 0.6) is 0 Å². The topological polar surface area (TPSA) is 15.3 Å². The fraction of sp³-hybridized carbons (Fsp3) is 1.00. The maximum Gasteiger partial charge on any atom is 0.0249 e. The van der Waals surface area contributed by atoms with Crippen LogP contribution in [0.15, 0.2) is 0 Å². The van der Waals surface area contributed by atoms with Gasteiger partial charge in [-0.2, -0.15) is 0 Å². The number of hydrogen-bond donors (Lipinski definition) is 1. The van der Waals surface area contributed by atoms with Crippen molar-refractivity contribution in [1.82, 2.24) is 10.2 Å². The van der Waals surface area contributed by atoms with Crippen LogP contribution in [0.4, 0.5) is 0 Å². The summed E-state index contributed by atoms with van der Waals surface area (Å²) in [4.78, 5) is 2.74. The molecule has 0 aromatic carbocycles. The molecule has 2 heteroatoms. The van der Waals surface area contributed by atoms with Crippen LogP contribution >= 0.6 is 0 Å². The standard InChI is InChI=1S/C13H26N2/c1-13(2,3)6-8-15-9-7-14-10-12(15)11-4-5-11/h11-12,14H,4-10H2,1-3H3. The highest BCUT2D eigenvalue weighted by atomic mass is 15.2. The fourth-order valence-corrected chi connectivity index (χ4v) is 2.47. The van der Waals surface area contributed by atoms with Crippen molar-refractivity contribution < 1.29 is 0 Å². The summed E-state index contributed by atoms with van der Waals surface area (Å²) in [6.07, 6.45) is 4.27. The van der Waals surface area contributed by atoms with Gasteiger partial charge in [0.25, 0.3) is 0 Å². The third kappa shape index (κ3) is 3.46. The van der Waals surface area contributed by atoms with Gasteiger partial charge in [0, 0.05) is 25.7 Å². The molecule has 88 valence electrons. The first-order chi connectivity index (χ1) is 7.06. The fourth-order valence-electron chi connectivity index (χ4n) is 2.47. The molecule has 2 aliphatic rings. The maximum absolute atomic E-state index is 3.54. The molecule has 2 rings (SSSR count). The van der Waals surface area contributed by atoms with Gasteiger partial charge >= 0.3 is 0 Å². The highest BCUT2D eigenvalue weighted by molar-refractivity contribution is 4.92. The normalized spacial score (nSPS) is 29.4. The van der Waals surface area contributed by atoms with E-state index in [1.807, 2.05) is 0 Å². The van der Waals surface area contributed by atoms with Gasteiger partial charge in [-0.1, -0.05) is 20.8 Å². The molecule has 0 bridgehead atoms. The third-order valence-corrected chi connectivity index (χ3v) is 3.71. The molecule has 1 unspecified atom stereocenters. The van der Waals surface area contributed by atoms with Crippen LogP contribution in [0.3, 0.4) is 0 Å². The second kappa shape index (κ2) is 4.42. The van der Waals surface area contributed by atoms with Crippen LogP contribution < -0.4 is 5.32 Å². The van der Waals surface area contributed by atoms with Crippen molar-refractivity contribution in [2.45, 2.75) is 46.1 Å². The Labute approximate surface area is 94.4 Å². The summed E-state index contributed by atoms with van der Waals surface area (Å²) in [7, 11) is 0. The molecule has 0 spiro atoms. The average molecular weight is 210 g/mol. The molecule has 1 N–H and O–H groups in total. The van der Waals surface area contributed by atoms with Crippen molar-refractivity contribution >= 4 is 0 Å². The number of hydrogen-bond acceptors (Lipinski definition) is 2. The largest absolute Gasteiger partial charge is 0.314 e. The second-order valence-corrected chi connectivity index (χ2v) is 6.46. The molecule has 0 aromatic heterocycles. The monoisotopic (exact) mass is 210 g/mol. The summed E-state index contributed by atoms with van der Waals surface area (Å²) in [5, 5.41) is 3.54. The number of nitrogens with one attached hydrogen (secondary N) is 1. The smallest absolute Gasteiger partial charge is 0.0249 e. The second-order valence-electron chi connectivity index (χ2n) is 6.46. The zero-order valence-corrected chi connectivity index (χ0v) is 10.6. The van der Waals surface area contributed by atoms with Crippen LogP contribution in [-0.4, -0.2) is 37.1 Å². The molecule has 1 saturated heterocycles. The van der Waals surface area contributed by atoms with E-state index in [0.29, 0.717) is 5.41 Å². The first-order valence-electron chi connectivity index (χ1n) is 6.51. The van der Waals surface area contributed by atoms with Gasteiger partial charge in [0.2, 0.25) is 0 Å². The van der Waals surface area contributed by atoms with E-state index in [-0.39, 0.29) is 0 Å². The predicted octanol–water partition coefficient (Wildman–Crippen LogP) is 2.11. The Morgan fingerprint density at radius 3 is 2.60 bits per heavy atom. The zero-order valence-electron chi connectivity index (χ0n) is 10.6. The molecule has 1 aliphatic carbocycles. The summed E-state index contributed by atoms with van der Waals surface area (Å²) >= 11 is 0. The van der Waals surface area contributed by atoms with Gasteiger partial charge in [-0.05, 0) is 37.1 Å². The van der Waals surface area contributed by atoms with Gasteiger partial charge in [-0.15, -0.1) is 0 Å². The molecule has 0 aromatic rings. The number of piperazine rings is 1. The van der Waals surface area contributed by atoms with Gasteiger partial charge < -0.3 is 5.32 Å². The van der Waals surface area contributed by atoms with Crippen molar-refractivity contribution in [3.63, 3.8) is 0 Å². The number of nitrogens with zero attached hydrogens (tertiary/aromatic N) is 1. The van der Waals surface area contributed by atoms with E-state index in [2.05, 4.69) is 31.0 Å². The quantitative estimate of drug-likeness (QED) is 0.767. The Morgan fingerprint density at radius 1 is 1.27 bits per heavy atom. The van der Waals surface area contributed by atoms with Gasteiger partial charge in [0.1, 0.15) is 0 Å². The van der Waals surface area contributed by atoms with Gasteiger partial charge in [-0.25, -0.2) is 0 Å². The van der Waals surface area contributed by atoms with Gasteiger partial charge in [0.05, 0.1) is 0 Å². The molecular weight excluding hydrogens is 184 g/mol. The molecule has 1 heterocycles. The molecule has 1 saturated carbocycles. The Bertz CT molecular complexity index is 203. The van der Waals surface area contributed by atoms with Crippen LogP contribution in [0.2, 0.25) is 0 Å². The first-order valence-corrected chi connectivity index (χ1v) is 6.51. The predicted molar refractivity (Wildman–Crippen MR) is 65.0 cm³/mol. The minimum atomic E-state index is 0.485. The minimum Gasteiger partial charge on any atom is -0.314 e. The zero-order chi connectivity index (χ0) is 10.9. The van der Waals surface area contributed by atoms with E-state index in [4.69, 9.17) is 0 Å². The van der Waals surface area contributed by atoms with Crippen molar-refractivity contribution in [2.75, 3.05) is 26.2 Å². The van der Waals surface area contributed by atoms with Crippen LogP contribution in [0.1, 0.15) is 40.0 Å². The van der Waals surface area contributed by atoms with Crippen molar-refractivity contribution in [2.24, 2.45) is 11.3 Å². The van der Waals surface area contributed by atoms with Crippen LogP contribution in [0, 0.1) is 11.3 Å². The van der Waals surface area contributed by atoms with Crippen molar-refractivity contribution in [1.29, 1.82) is 0 Å². The van der Waals surface area contributed by atoms with E-state index < -0.39 is 0 Å². The minimum absolute atomic E-state index is 0.485. The lowest BCUT2D eigenvalue weighted by Gasteiger charge is -2.38. The Kier molecular flexibility index (Phi) is 3.36. The molecule has 2 nitrogen and oxygen atoms in total. The highest BCUT2D eigenvalue weighted by Crippen LogP contribution is 2.36. The summed E-state index contributed by atoms with van der Waals surface area (Å²) in [5.74, 6) is 1.01. The molecular formula is C13H26N2.